The summed E-state index contributed by atoms with van der Waals surface area (Å²) in [6.07, 6.45) is 6.82. The topological polar surface area (TPSA) is 84.2 Å². The first-order valence-corrected chi connectivity index (χ1v) is 7.00. The number of nitrogens with zero attached hydrogens (tertiary/aromatic N) is 2. The Morgan fingerprint density at radius 2 is 2.15 bits per heavy atom. The number of carbonyl (C=O) groups is 2. The molecule has 1 heterocycles. The standard InChI is InChI=1S/C14H23N3O3/c1-3-4-11(5-6-13(18)19)7-8-16-14(20)12-9-15-10-17(12)2/h9-11H,3-8H2,1-2H3,(H,16,20)(H,18,19). The fourth-order valence-corrected chi connectivity index (χ4v) is 2.23. The quantitative estimate of drug-likeness (QED) is 0.723. The van der Waals surface area contributed by atoms with Crippen LogP contribution in [0.3, 0.4) is 0 Å². The minimum absolute atomic E-state index is 0.140. The zero-order valence-corrected chi connectivity index (χ0v) is 12.1. The van der Waals surface area contributed by atoms with Crippen molar-refractivity contribution in [3.63, 3.8) is 0 Å². The summed E-state index contributed by atoms with van der Waals surface area (Å²) in [5, 5.41) is 11.6. The van der Waals surface area contributed by atoms with Crippen LogP contribution in [0.15, 0.2) is 12.5 Å². The number of carboxylic acids is 1. The Hall–Kier alpha value is -1.85. The minimum atomic E-state index is -0.759. The summed E-state index contributed by atoms with van der Waals surface area (Å²) in [4.78, 5) is 26.4. The first kappa shape index (κ1) is 16.2. The fourth-order valence-electron chi connectivity index (χ4n) is 2.23. The van der Waals surface area contributed by atoms with Gasteiger partial charge in [-0.25, -0.2) is 4.98 Å². The average molecular weight is 281 g/mol. The van der Waals surface area contributed by atoms with Gasteiger partial charge in [0.1, 0.15) is 5.69 Å². The molecule has 0 fully saturated rings. The molecule has 2 N–H and O–H groups in total. The molecule has 0 aliphatic heterocycles. The smallest absolute Gasteiger partial charge is 0.303 e. The maximum absolute atomic E-state index is 11.9. The van der Waals surface area contributed by atoms with Crippen LogP contribution < -0.4 is 5.32 Å². The second-order valence-corrected chi connectivity index (χ2v) is 5.02. The van der Waals surface area contributed by atoms with E-state index in [9.17, 15) is 9.59 Å². The number of nitrogens with one attached hydrogen (secondary N) is 1. The van der Waals surface area contributed by atoms with Crippen molar-refractivity contribution in [2.45, 2.75) is 39.0 Å². The van der Waals surface area contributed by atoms with Gasteiger partial charge in [-0.05, 0) is 18.8 Å². The van der Waals surface area contributed by atoms with Crippen molar-refractivity contribution in [3.8, 4) is 0 Å². The van der Waals surface area contributed by atoms with Crippen molar-refractivity contribution in [3.05, 3.63) is 18.2 Å². The number of carbonyl (C=O) groups excluding carboxylic acids is 1. The second kappa shape index (κ2) is 8.35. The van der Waals surface area contributed by atoms with E-state index in [2.05, 4.69) is 17.2 Å². The van der Waals surface area contributed by atoms with Crippen LogP contribution in [0, 0.1) is 5.92 Å². The van der Waals surface area contributed by atoms with Crippen molar-refractivity contribution in [2.24, 2.45) is 13.0 Å². The summed E-state index contributed by atoms with van der Waals surface area (Å²) in [6, 6.07) is 0. The number of rotatable bonds is 9. The molecule has 0 aliphatic rings. The Morgan fingerprint density at radius 3 is 2.70 bits per heavy atom. The minimum Gasteiger partial charge on any atom is -0.481 e. The third-order valence-electron chi connectivity index (χ3n) is 3.35. The van der Waals surface area contributed by atoms with Crippen molar-refractivity contribution in [2.75, 3.05) is 6.54 Å². The highest BCUT2D eigenvalue weighted by Crippen LogP contribution is 2.17. The third kappa shape index (κ3) is 5.42. The molecule has 0 saturated carbocycles. The number of aromatic nitrogens is 2. The number of hydrogen-bond donors (Lipinski definition) is 2. The van der Waals surface area contributed by atoms with E-state index in [1.54, 1.807) is 17.9 Å². The van der Waals surface area contributed by atoms with Crippen LogP contribution >= 0.6 is 0 Å². The highest BCUT2D eigenvalue weighted by atomic mass is 16.4. The van der Waals surface area contributed by atoms with Gasteiger partial charge in [-0.3, -0.25) is 9.59 Å². The summed E-state index contributed by atoms with van der Waals surface area (Å²) < 4.78 is 1.67. The van der Waals surface area contributed by atoms with Gasteiger partial charge in [0, 0.05) is 20.0 Å². The summed E-state index contributed by atoms with van der Waals surface area (Å²) in [7, 11) is 1.77. The van der Waals surface area contributed by atoms with Gasteiger partial charge in [-0.1, -0.05) is 19.8 Å². The summed E-state index contributed by atoms with van der Waals surface area (Å²) in [5.74, 6) is -0.550. The molecule has 6 heteroatoms. The van der Waals surface area contributed by atoms with Gasteiger partial charge in [0.05, 0.1) is 12.5 Å². The Bertz CT molecular complexity index is 443. The van der Waals surface area contributed by atoms with Crippen LogP contribution in [0.1, 0.15) is 49.5 Å². The monoisotopic (exact) mass is 281 g/mol. The van der Waals surface area contributed by atoms with Gasteiger partial charge in [0.2, 0.25) is 0 Å². The second-order valence-electron chi connectivity index (χ2n) is 5.02. The van der Waals surface area contributed by atoms with Crippen molar-refractivity contribution >= 4 is 11.9 Å². The Kier molecular flexibility index (Phi) is 6.76. The Labute approximate surface area is 119 Å². The summed E-state index contributed by atoms with van der Waals surface area (Å²) >= 11 is 0. The molecule has 1 aromatic heterocycles. The molecule has 1 amide bonds. The van der Waals surface area contributed by atoms with E-state index in [0.29, 0.717) is 24.6 Å². The number of hydrogen-bond acceptors (Lipinski definition) is 3. The fraction of sp³-hybridized carbons (Fsp3) is 0.643. The normalized spacial score (nSPS) is 12.1. The molecule has 0 aromatic carbocycles. The number of aryl methyl sites for hydroxylation is 1. The van der Waals surface area contributed by atoms with E-state index in [1.165, 1.54) is 6.20 Å². The van der Waals surface area contributed by atoms with Crippen LogP contribution in [0.4, 0.5) is 0 Å². The maximum atomic E-state index is 11.9. The predicted octanol–water partition coefficient (Wildman–Crippen LogP) is 1.82. The third-order valence-corrected chi connectivity index (χ3v) is 3.35. The number of imidazole rings is 1. The van der Waals surface area contributed by atoms with Crippen LogP contribution in [-0.2, 0) is 11.8 Å². The lowest BCUT2D eigenvalue weighted by atomic mass is 9.94. The maximum Gasteiger partial charge on any atom is 0.303 e. The van der Waals surface area contributed by atoms with Gasteiger partial charge < -0.3 is 15.0 Å². The molecular weight excluding hydrogens is 258 g/mol. The average Bonchev–Trinajstić information content (AvgIpc) is 2.82. The van der Waals surface area contributed by atoms with E-state index >= 15 is 0 Å². The van der Waals surface area contributed by atoms with Crippen molar-refractivity contribution in [1.29, 1.82) is 0 Å². The zero-order chi connectivity index (χ0) is 15.0. The molecule has 0 saturated heterocycles. The highest BCUT2D eigenvalue weighted by Gasteiger charge is 2.12. The van der Waals surface area contributed by atoms with E-state index in [0.717, 1.165) is 19.3 Å². The van der Waals surface area contributed by atoms with E-state index in [1.807, 2.05) is 0 Å². The Balaban J connectivity index is 2.34. The molecular formula is C14H23N3O3. The summed E-state index contributed by atoms with van der Waals surface area (Å²) in [5.41, 5.74) is 0.530. The molecule has 0 radical (unpaired) electrons. The number of amides is 1. The van der Waals surface area contributed by atoms with Crippen LogP contribution in [-0.4, -0.2) is 33.1 Å². The Morgan fingerprint density at radius 1 is 1.40 bits per heavy atom. The molecule has 0 spiro atoms. The van der Waals surface area contributed by atoms with Crippen molar-refractivity contribution in [1.82, 2.24) is 14.9 Å². The molecule has 6 nitrogen and oxygen atoms in total. The molecule has 0 aliphatic carbocycles. The van der Waals surface area contributed by atoms with Crippen LogP contribution in [0.25, 0.3) is 0 Å². The highest BCUT2D eigenvalue weighted by molar-refractivity contribution is 5.92. The first-order valence-electron chi connectivity index (χ1n) is 7.00. The number of aliphatic carboxylic acids is 1. The lowest BCUT2D eigenvalue weighted by Crippen LogP contribution is -2.27. The zero-order valence-electron chi connectivity index (χ0n) is 12.1. The lowest BCUT2D eigenvalue weighted by molar-refractivity contribution is -0.137. The molecule has 1 rings (SSSR count). The molecule has 1 unspecified atom stereocenters. The van der Waals surface area contributed by atoms with E-state index < -0.39 is 5.97 Å². The SMILES string of the molecule is CCCC(CCNC(=O)c1cncn1C)CCC(=O)O. The van der Waals surface area contributed by atoms with Gasteiger partial charge in [-0.15, -0.1) is 0 Å². The molecule has 1 atom stereocenters. The van der Waals surface area contributed by atoms with Crippen LogP contribution in [0.2, 0.25) is 0 Å². The molecule has 112 valence electrons. The van der Waals surface area contributed by atoms with Gasteiger partial charge >= 0.3 is 5.97 Å². The molecule has 20 heavy (non-hydrogen) atoms. The van der Waals surface area contributed by atoms with Crippen LogP contribution in [0.5, 0.6) is 0 Å². The largest absolute Gasteiger partial charge is 0.481 e. The summed E-state index contributed by atoms with van der Waals surface area (Å²) in [6.45, 7) is 2.65. The van der Waals surface area contributed by atoms with Crippen molar-refractivity contribution < 1.29 is 14.7 Å². The lowest BCUT2D eigenvalue weighted by Gasteiger charge is -2.15. The van der Waals surface area contributed by atoms with E-state index in [4.69, 9.17) is 5.11 Å². The number of carboxylic acid groups (broad SMARTS) is 1. The predicted molar refractivity (Wildman–Crippen MR) is 75.4 cm³/mol. The first-order chi connectivity index (χ1) is 9.54. The van der Waals surface area contributed by atoms with Gasteiger partial charge in [-0.2, -0.15) is 0 Å². The molecule has 1 aromatic rings. The molecule has 0 bridgehead atoms. The van der Waals surface area contributed by atoms with Gasteiger partial charge in [0.15, 0.2) is 0 Å². The van der Waals surface area contributed by atoms with Gasteiger partial charge in [0.25, 0.3) is 5.91 Å². The van der Waals surface area contributed by atoms with E-state index in [-0.39, 0.29) is 12.3 Å².